The van der Waals surface area contributed by atoms with Crippen molar-refractivity contribution in [1.29, 1.82) is 0 Å². The third-order valence-corrected chi connectivity index (χ3v) is 7.97. The zero-order valence-corrected chi connectivity index (χ0v) is 22.1. The minimum Gasteiger partial charge on any atom is -0.444 e. The highest BCUT2D eigenvalue weighted by Gasteiger charge is 2.41. The molecule has 3 rings (SSSR count). The zero-order valence-electron chi connectivity index (χ0n) is 20.4. The van der Waals surface area contributed by atoms with Gasteiger partial charge >= 0.3 is 6.09 Å². The van der Waals surface area contributed by atoms with Gasteiger partial charge in [-0.1, -0.05) is 35.4 Å². The molecule has 2 aromatic carbocycles. The summed E-state index contributed by atoms with van der Waals surface area (Å²) in [7, 11) is -8.18. The Kier molecular flexibility index (Phi) is 7.95. The van der Waals surface area contributed by atoms with Crippen molar-refractivity contribution in [2.45, 2.75) is 68.6 Å². The Morgan fingerprint density at radius 1 is 0.886 bits per heavy atom. The first-order chi connectivity index (χ1) is 16.2. The summed E-state index contributed by atoms with van der Waals surface area (Å²) < 4.78 is 66.9. The van der Waals surface area contributed by atoms with Crippen LogP contribution in [0.25, 0.3) is 0 Å². The molecule has 0 N–H and O–H groups in total. The summed E-state index contributed by atoms with van der Waals surface area (Å²) in [6.07, 6.45) is -1.56. The van der Waals surface area contributed by atoms with E-state index in [0.29, 0.717) is 0 Å². The third-order valence-electron chi connectivity index (χ3n) is 5.30. The fourth-order valence-corrected chi connectivity index (χ4v) is 5.55. The van der Waals surface area contributed by atoms with Gasteiger partial charge in [0.05, 0.1) is 35.1 Å². The Hall–Kier alpha value is -2.47. The maximum Gasteiger partial charge on any atom is 0.410 e. The lowest BCUT2D eigenvalue weighted by molar-refractivity contribution is 0.0178. The van der Waals surface area contributed by atoms with E-state index in [-0.39, 0.29) is 29.4 Å². The molecule has 1 aliphatic heterocycles. The average molecular weight is 526 g/mol. The maximum atomic E-state index is 12.8. The van der Waals surface area contributed by atoms with E-state index in [1.54, 1.807) is 45.0 Å². The molecule has 0 spiro atoms. The van der Waals surface area contributed by atoms with Gasteiger partial charge in [-0.2, -0.15) is 16.8 Å². The van der Waals surface area contributed by atoms with Crippen molar-refractivity contribution in [3.63, 3.8) is 0 Å². The molecule has 0 unspecified atom stereocenters. The van der Waals surface area contributed by atoms with Gasteiger partial charge in [-0.15, -0.1) is 0 Å². The van der Waals surface area contributed by atoms with Crippen molar-refractivity contribution < 1.29 is 34.7 Å². The second kappa shape index (κ2) is 10.3. The molecule has 1 heterocycles. The summed E-state index contributed by atoms with van der Waals surface area (Å²) >= 11 is 0. The maximum absolute atomic E-state index is 12.8. The highest BCUT2D eigenvalue weighted by Crippen LogP contribution is 2.27. The predicted octanol–water partition coefficient (Wildman–Crippen LogP) is 3.79. The molecule has 192 valence electrons. The Morgan fingerprint density at radius 3 is 1.86 bits per heavy atom. The topological polar surface area (TPSA) is 116 Å². The molecule has 1 aliphatic rings. The lowest BCUT2D eigenvalue weighted by Crippen LogP contribution is -2.42. The minimum atomic E-state index is -4.10. The van der Waals surface area contributed by atoms with Crippen molar-refractivity contribution >= 4 is 26.3 Å². The van der Waals surface area contributed by atoms with Crippen molar-refractivity contribution in [3.05, 3.63) is 59.7 Å². The Bertz CT molecular complexity index is 1250. The van der Waals surface area contributed by atoms with Gasteiger partial charge < -0.3 is 9.64 Å². The summed E-state index contributed by atoms with van der Waals surface area (Å²) in [6.45, 7) is 8.29. The van der Waals surface area contributed by atoms with Gasteiger partial charge in [-0.05, 0) is 65.3 Å². The Morgan fingerprint density at radius 2 is 1.37 bits per heavy atom. The third kappa shape index (κ3) is 7.26. The van der Waals surface area contributed by atoms with E-state index < -0.39 is 44.1 Å². The number of benzene rings is 2. The molecule has 1 saturated heterocycles. The van der Waals surface area contributed by atoms with E-state index in [0.717, 1.165) is 11.1 Å². The monoisotopic (exact) mass is 525 g/mol. The van der Waals surface area contributed by atoms with E-state index in [4.69, 9.17) is 13.1 Å². The van der Waals surface area contributed by atoms with Crippen LogP contribution in [0.4, 0.5) is 4.79 Å². The fraction of sp³-hybridized carbons (Fsp3) is 0.458. The van der Waals surface area contributed by atoms with Crippen LogP contribution in [0.3, 0.4) is 0 Å². The molecule has 1 amide bonds. The number of nitrogens with zero attached hydrogens (tertiary/aromatic N) is 1. The number of carbonyl (C=O) groups excluding carboxylic acids is 1. The largest absolute Gasteiger partial charge is 0.444 e. The molecule has 1 fully saturated rings. The first-order valence-electron chi connectivity index (χ1n) is 11.1. The molecular formula is C24H31NO8S2. The van der Waals surface area contributed by atoms with Crippen LogP contribution in [0.5, 0.6) is 0 Å². The van der Waals surface area contributed by atoms with Crippen LogP contribution in [0, 0.1) is 13.8 Å². The van der Waals surface area contributed by atoms with Crippen molar-refractivity contribution in [1.82, 2.24) is 4.90 Å². The summed E-state index contributed by atoms with van der Waals surface area (Å²) in [5.41, 5.74) is 0.988. The Labute approximate surface area is 207 Å². The SMILES string of the molecule is Cc1ccc(S(=O)(=O)OC[C@H]2C[C@@H](OS(=O)(=O)c3ccc(C)cc3)CN2C(=O)OC(C)(C)C)cc1. The number of ether oxygens (including phenoxy) is 1. The van der Waals surface area contributed by atoms with Crippen LogP contribution in [-0.2, 0) is 33.3 Å². The van der Waals surface area contributed by atoms with Gasteiger partial charge in [-0.25, -0.2) is 4.79 Å². The van der Waals surface area contributed by atoms with Crippen LogP contribution in [0.1, 0.15) is 38.3 Å². The van der Waals surface area contributed by atoms with Crippen LogP contribution < -0.4 is 0 Å². The van der Waals surface area contributed by atoms with Gasteiger partial charge in [0.1, 0.15) is 5.60 Å². The molecular weight excluding hydrogens is 494 g/mol. The number of aryl methyl sites for hydroxylation is 2. The Balaban J connectivity index is 1.77. The molecule has 2 atom stereocenters. The van der Waals surface area contributed by atoms with E-state index in [2.05, 4.69) is 0 Å². The lowest BCUT2D eigenvalue weighted by atomic mass is 10.2. The van der Waals surface area contributed by atoms with Gasteiger partial charge in [-0.3, -0.25) is 8.37 Å². The fourth-order valence-electron chi connectivity index (χ4n) is 3.53. The quantitative estimate of drug-likeness (QED) is 0.501. The van der Waals surface area contributed by atoms with Gasteiger partial charge in [0.2, 0.25) is 0 Å². The standard InChI is InChI=1S/C24H31NO8S2/c1-17-6-10-21(11-7-17)34(27,28)31-16-19-14-20(15-25(19)23(26)32-24(3,4)5)33-35(29,30)22-12-8-18(2)9-13-22/h6-13,19-20H,14-16H2,1-5H3/t19-,20-/m1/s1. The van der Waals surface area contributed by atoms with Crippen molar-refractivity contribution in [3.8, 4) is 0 Å². The molecule has 0 aromatic heterocycles. The summed E-state index contributed by atoms with van der Waals surface area (Å²) in [5, 5.41) is 0. The van der Waals surface area contributed by atoms with Crippen LogP contribution in [0.15, 0.2) is 58.3 Å². The lowest BCUT2D eigenvalue weighted by Gasteiger charge is -2.28. The second-order valence-corrected chi connectivity index (χ2v) is 12.7. The molecule has 11 heteroatoms. The van der Waals surface area contributed by atoms with E-state index >= 15 is 0 Å². The number of amides is 1. The van der Waals surface area contributed by atoms with Gasteiger partial charge in [0, 0.05) is 0 Å². The number of rotatable bonds is 7. The first-order valence-corrected chi connectivity index (χ1v) is 13.9. The number of likely N-dealkylation sites (tertiary alicyclic amines) is 1. The molecule has 0 saturated carbocycles. The normalized spacial score (nSPS) is 19.1. The molecule has 0 radical (unpaired) electrons. The van der Waals surface area contributed by atoms with Crippen LogP contribution in [-0.4, -0.2) is 58.7 Å². The summed E-state index contributed by atoms with van der Waals surface area (Å²) in [6, 6.07) is 11.6. The average Bonchev–Trinajstić information content (AvgIpc) is 3.14. The van der Waals surface area contributed by atoms with Crippen molar-refractivity contribution in [2.75, 3.05) is 13.2 Å². The highest BCUT2D eigenvalue weighted by atomic mass is 32.2. The second-order valence-electron chi connectivity index (χ2n) is 9.56. The summed E-state index contributed by atoms with van der Waals surface area (Å²) in [5.74, 6) is 0. The van der Waals surface area contributed by atoms with Crippen LogP contribution >= 0.6 is 0 Å². The van der Waals surface area contributed by atoms with E-state index in [1.165, 1.54) is 29.2 Å². The minimum absolute atomic E-state index is 0.00596. The molecule has 9 nitrogen and oxygen atoms in total. The molecule has 0 bridgehead atoms. The molecule has 35 heavy (non-hydrogen) atoms. The van der Waals surface area contributed by atoms with E-state index in [9.17, 15) is 21.6 Å². The molecule has 0 aliphatic carbocycles. The smallest absolute Gasteiger partial charge is 0.410 e. The zero-order chi connectivity index (χ0) is 26.0. The number of hydrogen-bond acceptors (Lipinski definition) is 8. The first kappa shape index (κ1) is 27.1. The van der Waals surface area contributed by atoms with Gasteiger partial charge in [0.25, 0.3) is 20.2 Å². The van der Waals surface area contributed by atoms with E-state index in [1.807, 2.05) is 13.8 Å². The number of carbonyl (C=O) groups is 1. The molecule has 2 aromatic rings. The van der Waals surface area contributed by atoms with Gasteiger partial charge in [0.15, 0.2) is 0 Å². The van der Waals surface area contributed by atoms with Crippen LogP contribution in [0.2, 0.25) is 0 Å². The predicted molar refractivity (Wildman–Crippen MR) is 129 cm³/mol. The van der Waals surface area contributed by atoms with Crippen molar-refractivity contribution in [2.24, 2.45) is 0 Å². The number of hydrogen-bond donors (Lipinski definition) is 0. The highest BCUT2D eigenvalue weighted by molar-refractivity contribution is 7.87. The summed E-state index contributed by atoms with van der Waals surface area (Å²) in [4.78, 5) is 14.1.